The Balaban J connectivity index is 1.47. The Labute approximate surface area is 184 Å². The number of methoxy groups -OCH3 is 1. The van der Waals surface area contributed by atoms with Crippen LogP contribution in [0.2, 0.25) is 0 Å². The number of likely N-dealkylation sites (N-methyl/N-ethyl adjacent to an activating group) is 1. The minimum Gasteiger partial charge on any atom is -0.497 e. The SMILES string of the molecule is COc1ccc(N2CCN(C(C)C(=O)N(C)CC(=O)Nc3ccc(C)cc3)CC2)cc1. The molecule has 0 aromatic heterocycles. The largest absolute Gasteiger partial charge is 0.497 e. The van der Waals surface area contributed by atoms with Crippen molar-refractivity contribution in [2.45, 2.75) is 19.9 Å². The van der Waals surface area contributed by atoms with Crippen molar-refractivity contribution in [3.63, 3.8) is 0 Å². The van der Waals surface area contributed by atoms with E-state index in [1.54, 1.807) is 14.2 Å². The van der Waals surface area contributed by atoms with Crippen LogP contribution in [-0.4, -0.2) is 74.5 Å². The van der Waals surface area contributed by atoms with E-state index in [4.69, 9.17) is 4.74 Å². The quantitative estimate of drug-likeness (QED) is 0.740. The molecule has 31 heavy (non-hydrogen) atoms. The van der Waals surface area contributed by atoms with Gasteiger partial charge in [0.15, 0.2) is 0 Å². The van der Waals surface area contributed by atoms with Gasteiger partial charge in [-0.1, -0.05) is 17.7 Å². The highest BCUT2D eigenvalue weighted by Crippen LogP contribution is 2.21. The molecular formula is C24H32N4O3. The van der Waals surface area contributed by atoms with Gasteiger partial charge in [-0.3, -0.25) is 14.5 Å². The third-order valence-electron chi connectivity index (χ3n) is 5.75. The second kappa shape index (κ2) is 10.3. The van der Waals surface area contributed by atoms with E-state index in [-0.39, 0.29) is 24.4 Å². The molecule has 3 rings (SSSR count). The van der Waals surface area contributed by atoms with Gasteiger partial charge in [-0.25, -0.2) is 0 Å². The zero-order valence-electron chi connectivity index (χ0n) is 18.8. The van der Waals surface area contributed by atoms with Crippen LogP contribution in [-0.2, 0) is 9.59 Å². The third-order valence-corrected chi connectivity index (χ3v) is 5.75. The van der Waals surface area contributed by atoms with Crippen molar-refractivity contribution in [1.29, 1.82) is 0 Å². The van der Waals surface area contributed by atoms with E-state index in [1.807, 2.05) is 50.2 Å². The molecule has 0 aliphatic carbocycles. The molecule has 1 heterocycles. The number of nitrogens with one attached hydrogen (secondary N) is 1. The predicted molar refractivity (Wildman–Crippen MR) is 124 cm³/mol. The Kier molecular flexibility index (Phi) is 7.52. The zero-order valence-corrected chi connectivity index (χ0v) is 18.8. The summed E-state index contributed by atoms with van der Waals surface area (Å²) < 4.78 is 5.22. The molecule has 0 bridgehead atoms. The maximum atomic E-state index is 12.9. The lowest BCUT2D eigenvalue weighted by Gasteiger charge is -2.39. The van der Waals surface area contributed by atoms with E-state index in [0.717, 1.165) is 48.9 Å². The maximum absolute atomic E-state index is 12.9. The number of rotatable bonds is 7. The van der Waals surface area contributed by atoms with Crippen LogP contribution in [0.1, 0.15) is 12.5 Å². The first-order valence-electron chi connectivity index (χ1n) is 10.6. The Morgan fingerprint density at radius 2 is 1.65 bits per heavy atom. The molecule has 0 saturated carbocycles. The Morgan fingerprint density at radius 1 is 1.03 bits per heavy atom. The van der Waals surface area contributed by atoms with E-state index in [9.17, 15) is 9.59 Å². The average molecular weight is 425 g/mol. The van der Waals surface area contributed by atoms with Crippen molar-refractivity contribution in [2.24, 2.45) is 0 Å². The molecule has 1 N–H and O–H groups in total. The number of carbonyl (C=O) groups is 2. The van der Waals surface area contributed by atoms with Gasteiger partial charge < -0.3 is 19.9 Å². The minimum atomic E-state index is -0.268. The zero-order chi connectivity index (χ0) is 22.4. The standard InChI is InChI=1S/C24H32N4O3/c1-18-5-7-20(8-6-18)25-23(29)17-26(3)24(30)19(2)27-13-15-28(16-14-27)21-9-11-22(31-4)12-10-21/h5-12,19H,13-17H2,1-4H3,(H,25,29). The topological polar surface area (TPSA) is 65.1 Å². The van der Waals surface area contributed by atoms with E-state index < -0.39 is 0 Å². The predicted octanol–water partition coefficient (Wildman–Crippen LogP) is 2.61. The molecule has 1 atom stereocenters. The van der Waals surface area contributed by atoms with Gasteiger partial charge in [-0.2, -0.15) is 0 Å². The summed E-state index contributed by atoms with van der Waals surface area (Å²) in [6.07, 6.45) is 0. The minimum absolute atomic E-state index is 0.0306. The molecule has 1 fully saturated rings. The highest BCUT2D eigenvalue weighted by Gasteiger charge is 2.28. The Hall–Kier alpha value is -3.06. The van der Waals surface area contributed by atoms with Crippen molar-refractivity contribution in [3.05, 3.63) is 54.1 Å². The number of hydrogen-bond donors (Lipinski definition) is 1. The fourth-order valence-corrected chi connectivity index (χ4v) is 3.77. The molecule has 7 nitrogen and oxygen atoms in total. The van der Waals surface area contributed by atoms with Gasteiger partial charge in [-0.15, -0.1) is 0 Å². The lowest BCUT2D eigenvalue weighted by Crippen LogP contribution is -2.54. The smallest absolute Gasteiger partial charge is 0.243 e. The van der Waals surface area contributed by atoms with Crippen molar-refractivity contribution < 1.29 is 14.3 Å². The van der Waals surface area contributed by atoms with Gasteiger partial charge in [0.2, 0.25) is 11.8 Å². The van der Waals surface area contributed by atoms with Crippen LogP contribution in [0.15, 0.2) is 48.5 Å². The van der Waals surface area contributed by atoms with E-state index in [2.05, 4.69) is 27.2 Å². The van der Waals surface area contributed by atoms with Crippen LogP contribution in [0.4, 0.5) is 11.4 Å². The number of ether oxygens (including phenoxy) is 1. The third kappa shape index (κ3) is 5.98. The molecule has 7 heteroatoms. The molecule has 0 radical (unpaired) electrons. The Bertz CT molecular complexity index is 875. The van der Waals surface area contributed by atoms with Crippen molar-refractivity contribution >= 4 is 23.2 Å². The summed E-state index contributed by atoms with van der Waals surface area (Å²) in [6, 6.07) is 15.4. The lowest BCUT2D eigenvalue weighted by atomic mass is 10.2. The summed E-state index contributed by atoms with van der Waals surface area (Å²) in [5.74, 6) is 0.601. The molecule has 166 valence electrons. The van der Waals surface area contributed by atoms with E-state index in [1.165, 1.54) is 4.90 Å². The second-order valence-electron chi connectivity index (χ2n) is 8.01. The molecule has 1 aliphatic rings. The summed E-state index contributed by atoms with van der Waals surface area (Å²) in [5, 5.41) is 2.84. The first-order valence-corrected chi connectivity index (χ1v) is 10.6. The van der Waals surface area contributed by atoms with E-state index in [0.29, 0.717) is 0 Å². The number of benzene rings is 2. The Morgan fingerprint density at radius 3 is 2.23 bits per heavy atom. The highest BCUT2D eigenvalue weighted by molar-refractivity contribution is 5.95. The molecule has 0 spiro atoms. The second-order valence-corrected chi connectivity index (χ2v) is 8.01. The van der Waals surface area contributed by atoms with Crippen LogP contribution in [0, 0.1) is 6.92 Å². The average Bonchev–Trinajstić information content (AvgIpc) is 2.79. The van der Waals surface area contributed by atoms with Crippen molar-refractivity contribution in [3.8, 4) is 5.75 Å². The molecule has 1 saturated heterocycles. The van der Waals surface area contributed by atoms with Gasteiger partial charge in [0.05, 0.1) is 19.7 Å². The monoisotopic (exact) mass is 424 g/mol. The van der Waals surface area contributed by atoms with Gasteiger partial charge in [0.25, 0.3) is 0 Å². The van der Waals surface area contributed by atoms with E-state index >= 15 is 0 Å². The van der Waals surface area contributed by atoms with Crippen LogP contribution < -0.4 is 15.0 Å². The number of anilines is 2. The molecule has 1 aliphatic heterocycles. The summed E-state index contributed by atoms with van der Waals surface area (Å²) in [5.41, 5.74) is 3.02. The highest BCUT2D eigenvalue weighted by atomic mass is 16.5. The number of nitrogens with zero attached hydrogens (tertiary/aromatic N) is 3. The van der Waals surface area contributed by atoms with Crippen LogP contribution in [0.3, 0.4) is 0 Å². The molecule has 1 unspecified atom stereocenters. The molecular weight excluding hydrogens is 392 g/mol. The summed E-state index contributed by atoms with van der Waals surface area (Å²) >= 11 is 0. The van der Waals surface area contributed by atoms with Gasteiger partial charge in [0.1, 0.15) is 5.75 Å². The summed E-state index contributed by atoms with van der Waals surface area (Å²) in [7, 11) is 3.34. The number of aryl methyl sites for hydroxylation is 1. The normalized spacial score (nSPS) is 15.3. The fraction of sp³-hybridized carbons (Fsp3) is 0.417. The van der Waals surface area contributed by atoms with Crippen molar-refractivity contribution in [2.75, 3.05) is 57.1 Å². The summed E-state index contributed by atoms with van der Waals surface area (Å²) in [4.78, 5) is 31.2. The maximum Gasteiger partial charge on any atom is 0.243 e. The molecule has 2 aromatic rings. The number of hydrogen-bond acceptors (Lipinski definition) is 5. The van der Waals surface area contributed by atoms with Gasteiger partial charge in [-0.05, 0) is 50.2 Å². The first kappa shape index (κ1) is 22.6. The summed E-state index contributed by atoms with van der Waals surface area (Å²) in [6.45, 7) is 7.23. The van der Waals surface area contributed by atoms with Crippen LogP contribution in [0.5, 0.6) is 5.75 Å². The lowest BCUT2D eigenvalue weighted by molar-refractivity contribution is -0.137. The first-order chi connectivity index (χ1) is 14.9. The van der Waals surface area contributed by atoms with Crippen molar-refractivity contribution in [1.82, 2.24) is 9.80 Å². The molecule has 2 amide bonds. The van der Waals surface area contributed by atoms with Crippen LogP contribution in [0.25, 0.3) is 0 Å². The fourth-order valence-electron chi connectivity index (χ4n) is 3.77. The number of carbonyl (C=O) groups excluding carboxylic acids is 2. The number of amides is 2. The molecule has 2 aromatic carbocycles. The van der Waals surface area contributed by atoms with Crippen LogP contribution >= 0.6 is 0 Å². The number of piperazine rings is 1. The van der Waals surface area contributed by atoms with Gasteiger partial charge in [0, 0.05) is 44.6 Å². The van der Waals surface area contributed by atoms with Gasteiger partial charge >= 0.3 is 0 Å².